The number of aryl methyl sites for hydroxylation is 1. The molecule has 0 aliphatic carbocycles. The van der Waals surface area contributed by atoms with Crippen molar-refractivity contribution in [1.29, 1.82) is 0 Å². The molecule has 0 bridgehead atoms. The van der Waals surface area contributed by atoms with Crippen LogP contribution in [-0.4, -0.2) is 27.5 Å². The largest absolute Gasteiger partial charge is 0.479 e. The van der Waals surface area contributed by atoms with Crippen LogP contribution in [0.4, 0.5) is 4.39 Å². The van der Waals surface area contributed by atoms with Crippen LogP contribution in [0, 0.1) is 12.7 Å². The Morgan fingerprint density at radius 3 is 2.46 bits per heavy atom. The van der Waals surface area contributed by atoms with Crippen molar-refractivity contribution in [2.24, 2.45) is 0 Å². The highest BCUT2D eigenvalue weighted by molar-refractivity contribution is 5.69. The summed E-state index contributed by atoms with van der Waals surface area (Å²) in [5, 5.41) is 13.0. The van der Waals surface area contributed by atoms with Crippen LogP contribution < -0.4 is 4.74 Å². The van der Waals surface area contributed by atoms with Crippen molar-refractivity contribution < 1.29 is 19.0 Å². The number of nitrogens with zero attached hydrogens (tertiary/aromatic N) is 2. The molecule has 0 amide bonds. The van der Waals surface area contributed by atoms with E-state index in [1.54, 1.807) is 22.9 Å². The second-order valence-electron chi connectivity index (χ2n) is 5.30. The Morgan fingerprint density at radius 1 is 1.17 bits per heavy atom. The molecule has 6 heteroatoms. The fraction of sp³-hybridized carbons (Fsp3) is 0.111. The van der Waals surface area contributed by atoms with E-state index in [-0.39, 0.29) is 11.7 Å². The van der Waals surface area contributed by atoms with Crippen LogP contribution >= 0.6 is 0 Å². The van der Waals surface area contributed by atoms with Gasteiger partial charge in [0.2, 0.25) is 5.88 Å². The number of hydrogen-bond acceptors (Lipinski definition) is 3. The molecule has 2 aromatic carbocycles. The molecule has 0 fully saturated rings. The summed E-state index contributed by atoms with van der Waals surface area (Å²) in [6, 6.07) is 15.4. The van der Waals surface area contributed by atoms with E-state index in [0.29, 0.717) is 5.69 Å². The number of carboxylic acids is 1. The highest BCUT2D eigenvalue weighted by Gasteiger charge is 2.13. The third kappa shape index (κ3) is 3.43. The predicted octanol–water partition coefficient (Wildman–Crippen LogP) is 3.45. The van der Waals surface area contributed by atoms with E-state index in [2.05, 4.69) is 5.10 Å². The zero-order chi connectivity index (χ0) is 17.1. The van der Waals surface area contributed by atoms with Gasteiger partial charge in [0.15, 0.2) is 6.61 Å². The summed E-state index contributed by atoms with van der Waals surface area (Å²) in [4.78, 5) is 10.7. The van der Waals surface area contributed by atoms with Gasteiger partial charge in [-0.1, -0.05) is 29.8 Å². The van der Waals surface area contributed by atoms with Gasteiger partial charge in [0.05, 0.1) is 11.4 Å². The van der Waals surface area contributed by atoms with E-state index >= 15 is 0 Å². The minimum Gasteiger partial charge on any atom is -0.479 e. The fourth-order valence-electron chi connectivity index (χ4n) is 2.27. The molecule has 0 atom stereocenters. The third-order valence-corrected chi connectivity index (χ3v) is 3.45. The highest BCUT2D eigenvalue weighted by Crippen LogP contribution is 2.27. The van der Waals surface area contributed by atoms with Gasteiger partial charge in [-0.2, -0.15) is 0 Å². The minimum atomic E-state index is -1.08. The first-order chi connectivity index (χ1) is 11.5. The van der Waals surface area contributed by atoms with Crippen LogP contribution in [0.1, 0.15) is 5.56 Å². The molecule has 0 radical (unpaired) electrons. The lowest BCUT2D eigenvalue weighted by molar-refractivity contribution is -0.139. The Hall–Kier alpha value is -3.15. The molecular weight excluding hydrogens is 311 g/mol. The van der Waals surface area contributed by atoms with Crippen molar-refractivity contribution in [2.75, 3.05) is 6.61 Å². The molecule has 3 rings (SSSR count). The molecule has 0 unspecified atom stereocenters. The van der Waals surface area contributed by atoms with Crippen molar-refractivity contribution >= 4 is 5.97 Å². The Morgan fingerprint density at radius 2 is 1.83 bits per heavy atom. The summed E-state index contributed by atoms with van der Waals surface area (Å²) >= 11 is 0. The van der Waals surface area contributed by atoms with E-state index < -0.39 is 12.6 Å². The lowest BCUT2D eigenvalue weighted by Gasteiger charge is -2.07. The number of hydrogen-bond donors (Lipinski definition) is 1. The number of aliphatic carboxylic acids is 1. The van der Waals surface area contributed by atoms with Gasteiger partial charge in [0.1, 0.15) is 5.82 Å². The monoisotopic (exact) mass is 326 g/mol. The quantitative estimate of drug-likeness (QED) is 0.780. The number of carboxylic acid groups (broad SMARTS) is 1. The maximum absolute atomic E-state index is 13.2. The lowest BCUT2D eigenvalue weighted by Crippen LogP contribution is -2.10. The van der Waals surface area contributed by atoms with Crippen molar-refractivity contribution in [2.45, 2.75) is 6.92 Å². The Balaban J connectivity index is 2.05. The Labute approximate surface area is 137 Å². The lowest BCUT2D eigenvalue weighted by atomic mass is 10.1. The van der Waals surface area contributed by atoms with E-state index in [0.717, 1.165) is 16.8 Å². The van der Waals surface area contributed by atoms with Crippen molar-refractivity contribution in [3.63, 3.8) is 0 Å². The number of aromatic nitrogens is 2. The molecule has 0 spiro atoms. The van der Waals surface area contributed by atoms with Gasteiger partial charge in [-0.3, -0.25) is 0 Å². The van der Waals surface area contributed by atoms with Gasteiger partial charge in [0, 0.05) is 11.6 Å². The Bertz CT molecular complexity index is 792. The van der Waals surface area contributed by atoms with Crippen LogP contribution in [0.3, 0.4) is 0 Å². The first kappa shape index (κ1) is 15.7. The summed E-state index contributed by atoms with van der Waals surface area (Å²) in [6.07, 6.45) is 0. The maximum Gasteiger partial charge on any atom is 0.341 e. The van der Waals surface area contributed by atoms with E-state index in [1.807, 2.05) is 31.2 Å². The number of carbonyl (C=O) groups is 1. The molecule has 0 aliphatic rings. The molecule has 0 aliphatic heterocycles. The van der Waals surface area contributed by atoms with Gasteiger partial charge in [-0.15, -0.1) is 5.10 Å². The van der Waals surface area contributed by atoms with E-state index in [1.165, 1.54) is 12.1 Å². The molecule has 0 saturated heterocycles. The fourth-order valence-corrected chi connectivity index (χ4v) is 2.27. The summed E-state index contributed by atoms with van der Waals surface area (Å²) in [5.74, 6) is -1.23. The number of rotatable bonds is 5. The van der Waals surface area contributed by atoms with Gasteiger partial charge >= 0.3 is 5.97 Å². The number of benzene rings is 2. The molecule has 0 saturated carbocycles. The second-order valence-corrected chi connectivity index (χ2v) is 5.30. The smallest absolute Gasteiger partial charge is 0.341 e. The molecular formula is C18H15FN2O3. The van der Waals surface area contributed by atoms with Crippen LogP contribution in [-0.2, 0) is 4.79 Å². The van der Waals surface area contributed by atoms with Crippen LogP contribution in [0.15, 0.2) is 54.6 Å². The van der Waals surface area contributed by atoms with Crippen LogP contribution in [0.5, 0.6) is 5.88 Å². The number of ether oxygens (including phenoxy) is 1. The SMILES string of the molecule is Cc1ccc(-c2cc(OCC(=O)O)nn2-c2ccc(F)cc2)cc1. The maximum atomic E-state index is 13.2. The highest BCUT2D eigenvalue weighted by atomic mass is 19.1. The topological polar surface area (TPSA) is 64.3 Å². The standard InChI is InChI=1S/C18H15FN2O3/c1-12-2-4-13(5-3-12)16-10-17(24-11-18(22)23)20-21(16)15-8-6-14(19)7-9-15/h2-10H,11H2,1H3,(H,22,23). The zero-order valence-corrected chi connectivity index (χ0v) is 12.9. The second kappa shape index (κ2) is 6.54. The molecule has 24 heavy (non-hydrogen) atoms. The van der Waals surface area contributed by atoms with Gasteiger partial charge in [-0.05, 0) is 31.2 Å². The summed E-state index contributed by atoms with van der Waals surface area (Å²) in [7, 11) is 0. The van der Waals surface area contributed by atoms with Gasteiger partial charge in [-0.25, -0.2) is 13.9 Å². The summed E-state index contributed by atoms with van der Waals surface area (Å²) < 4.78 is 19.9. The van der Waals surface area contributed by atoms with Crippen LogP contribution in [0.25, 0.3) is 16.9 Å². The molecule has 1 N–H and O–H groups in total. The first-order valence-corrected chi connectivity index (χ1v) is 7.30. The molecule has 1 heterocycles. The van der Waals surface area contributed by atoms with Gasteiger partial charge in [0.25, 0.3) is 0 Å². The first-order valence-electron chi connectivity index (χ1n) is 7.30. The third-order valence-electron chi connectivity index (χ3n) is 3.45. The molecule has 122 valence electrons. The average Bonchev–Trinajstić information content (AvgIpc) is 2.98. The average molecular weight is 326 g/mol. The molecule has 3 aromatic rings. The van der Waals surface area contributed by atoms with Crippen molar-refractivity contribution in [3.05, 3.63) is 66.0 Å². The zero-order valence-electron chi connectivity index (χ0n) is 12.9. The van der Waals surface area contributed by atoms with Crippen LogP contribution in [0.2, 0.25) is 0 Å². The molecule has 1 aromatic heterocycles. The van der Waals surface area contributed by atoms with E-state index in [4.69, 9.17) is 9.84 Å². The van der Waals surface area contributed by atoms with Gasteiger partial charge < -0.3 is 9.84 Å². The summed E-state index contributed by atoms with van der Waals surface area (Å²) in [6.45, 7) is 1.51. The predicted molar refractivity (Wildman–Crippen MR) is 86.8 cm³/mol. The number of halogens is 1. The van der Waals surface area contributed by atoms with Crippen molar-refractivity contribution in [1.82, 2.24) is 9.78 Å². The van der Waals surface area contributed by atoms with E-state index in [9.17, 15) is 9.18 Å². The van der Waals surface area contributed by atoms with Crippen molar-refractivity contribution in [3.8, 4) is 22.8 Å². The normalized spacial score (nSPS) is 10.6. The Kier molecular flexibility index (Phi) is 4.29. The minimum absolute atomic E-state index is 0.192. The summed E-state index contributed by atoms with van der Waals surface area (Å²) in [5.41, 5.74) is 3.38. The molecule has 5 nitrogen and oxygen atoms in total.